The summed E-state index contributed by atoms with van der Waals surface area (Å²) in [6.45, 7) is 1.61. The van der Waals surface area contributed by atoms with Gasteiger partial charge in [-0.1, -0.05) is 6.07 Å². The van der Waals surface area contributed by atoms with Crippen molar-refractivity contribution in [2.24, 2.45) is 0 Å². The van der Waals surface area contributed by atoms with Crippen molar-refractivity contribution >= 4 is 17.5 Å². The van der Waals surface area contributed by atoms with Crippen molar-refractivity contribution < 1.29 is 13.9 Å². The molecule has 1 aliphatic heterocycles. The molecule has 138 valence electrons. The van der Waals surface area contributed by atoms with Gasteiger partial charge in [-0.25, -0.2) is 9.37 Å². The Kier molecular flexibility index (Phi) is 5.62. The molecule has 0 radical (unpaired) electrons. The van der Waals surface area contributed by atoms with Crippen molar-refractivity contribution in [2.75, 3.05) is 30.4 Å². The van der Waals surface area contributed by atoms with Crippen LogP contribution in [0.3, 0.4) is 0 Å². The van der Waals surface area contributed by atoms with Crippen LogP contribution >= 0.6 is 0 Å². The lowest BCUT2D eigenvalue weighted by molar-refractivity contribution is -0.116. The maximum absolute atomic E-state index is 13.3. The lowest BCUT2D eigenvalue weighted by Crippen LogP contribution is -2.35. The fourth-order valence-electron chi connectivity index (χ4n) is 2.98. The first kappa shape index (κ1) is 18.1. The number of hydrogen-bond donors (Lipinski definition) is 1. The lowest BCUT2D eigenvalue weighted by atomic mass is 10.3. The molecule has 1 amide bonds. The van der Waals surface area contributed by atoms with Gasteiger partial charge in [0.15, 0.2) is 0 Å². The number of rotatable bonds is 6. The summed E-state index contributed by atoms with van der Waals surface area (Å²) in [5.74, 6) is -0.390. The minimum Gasteiger partial charge on any atom is -0.378 e. The fraction of sp³-hybridized carbons (Fsp3) is 0.389. The highest BCUT2D eigenvalue weighted by Crippen LogP contribution is 2.18. The van der Waals surface area contributed by atoms with Gasteiger partial charge in [-0.15, -0.1) is 0 Å². The van der Waals surface area contributed by atoms with Crippen LogP contribution in [0.5, 0.6) is 0 Å². The van der Waals surface area contributed by atoms with Crippen molar-refractivity contribution in [2.45, 2.75) is 26.0 Å². The molecule has 0 saturated carbocycles. The molecule has 1 fully saturated rings. The van der Waals surface area contributed by atoms with E-state index in [1.807, 2.05) is 4.90 Å². The van der Waals surface area contributed by atoms with Gasteiger partial charge in [-0.2, -0.15) is 0 Å². The van der Waals surface area contributed by atoms with E-state index < -0.39 is 11.7 Å². The molecule has 0 atom stereocenters. The third-order valence-corrected chi connectivity index (χ3v) is 4.13. The van der Waals surface area contributed by atoms with E-state index in [0.29, 0.717) is 17.3 Å². The Balaban J connectivity index is 1.85. The molecule has 3 rings (SSSR count). The third-order valence-electron chi connectivity index (χ3n) is 4.13. The van der Waals surface area contributed by atoms with Crippen LogP contribution in [0.2, 0.25) is 0 Å². The van der Waals surface area contributed by atoms with Gasteiger partial charge in [0.2, 0.25) is 11.9 Å². The zero-order chi connectivity index (χ0) is 18.5. The number of anilines is 2. The van der Waals surface area contributed by atoms with Gasteiger partial charge in [-0.3, -0.25) is 14.2 Å². The van der Waals surface area contributed by atoms with Crippen molar-refractivity contribution in [1.82, 2.24) is 9.55 Å². The number of methoxy groups -OCH3 is 1. The maximum atomic E-state index is 13.3. The van der Waals surface area contributed by atoms with E-state index in [4.69, 9.17) is 4.74 Å². The van der Waals surface area contributed by atoms with Crippen molar-refractivity contribution in [1.29, 1.82) is 0 Å². The minimum atomic E-state index is -0.441. The molecule has 0 bridgehead atoms. The lowest BCUT2D eigenvalue weighted by Gasteiger charge is -2.21. The summed E-state index contributed by atoms with van der Waals surface area (Å²) in [5, 5.41) is 2.61. The monoisotopic (exact) mass is 360 g/mol. The number of hydrogen-bond acceptors (Lipinski definition) is 5. The quantitative estimate of drug-likeness (QED) is 0.850. The summed E-state index contributed by atoms with van der Waals surface area (Å²) in [6.07, 6.45) is 2.03. The molecular weight excluding hydrogens is 339 g/mol. The summed E-state index contributed by atoms with van der Waals surface area (Å²) in [5.41, 5.74) is 0.555. The number of aromatic nitrogens is 2. The van der Waals surface area contributed by atoms with Crippen LogP contribution in [0, 0.1) is 5.82 Å². The molecule has 1 saturated heterocycles. The average molecular weight is 360 g/mol. The number of carbonyl (C=O) groups is 1. The van der Waals surface area contributed by atoms with Gasteiger partial charge in [-0.05, 0) is 31.0 Å². The summed E-state index contributed by atoms with van der Waals surface area (Å²) in [4.78, 5) is 31.4. The number of ether oxygens (including phenoxy) is 1. The topological polar surface area (TPSA) is 76.5 Å². The highest BCUT2D eigenvalue weighted by atomic mass is 19.1. The van der Waals surface area contributed by atoms with Crippen LogP contribution < -0.4 is 15.8 Å². The van der Waals surface area contributed by atoms with Gasteiger partial charge in [0.25, 0.3) is 5.56 Å². The van der Waals surface area contributed by atoms with E-state index in [0.717, 1.165) is 25.9 Å². The van der Waals surface area contributed by atoms with Crippen LogP contribution in [0.15, 0.2) is 35.1 Å². The highest BCUT2D eigenvalue weighted by molar-refractivity contribution is 5.90. The first-order chi connectivity index (χ1) is 12.6. The Morgan fingerprint density at radius 1 is 1.31 bits per heavy atom. The Labute approximate surface area is 150 Å². The van der Waals surface area contributed by atoms with Crippen molar-refractivity contribution in [3.8, 4) is 0 Å². The molecule has 2 aromatic rings. The Morgan fingerprint density at radius 3 is 2.77 bits per heavy atom. The van der Waals surface area contributed by atoms with Gasteiger partial charge in [0, 0.05) is 32.0 Å². The Hall–Kier alpha value is -2.74. The maximum Gasteiger partial charge on any atom is 0.255 e. The normalized spacial score (nSPS) is 13.8. The second-order valence-corrected chi connectivity index (χ2v) is 6.16. The Morgan fingerprint density at radius 2 is 2.08 bits per heavy atom. The molecule has 0 aliphatic carbocycles. The summed E-state index contributed by atoms with van der Waals surface area (Å²) >= 11 is 0. The number of benzene rings is 1. The predicted octanol–water partition coefficient (Wildman–Crippen LogP) is 1.77. The molecule has 0 unspecified atom stereocenters. The molecule has 0 spiro atoms. The molecule has 8 heteroatoms. The van der Waals surface area contributed by atoms with E-state index >= 15 is 0 Å². The summed E-state index contributed by atoms with van der Waals surface area (Å²) < 4.78 is 19.7. The number of halogens is 1. The first-order valence-electron chi connectivity index (χ1n) is 8.47. The second-order valence-electron chi connectivity index (χ2n) is 6.16. The summed E-state index contributed by atoms with van der Waals surface area (Å²) in [6, 6.07) is 6.99. The molecular formula is C18H21FN4O3. The SMILES string of the molecule is COCc1cc(=O)n(CC(=O)Nc2cccc(F)c2)c(N2CCCC2)n1. The van der Waals surface area contributed by atoms with Crippen LogP contribution in [-0.2, 0) is 22.7 Å². The van der Waals surface area contributed by atoms with Crippen molar-refractivity contribution in [3.63, 3.8) is 0 Å². The van der Waals surface area contributed by atoms with Gasteiger partial charge >= 0.3 is 0 Å². The number of nitrogens with zero attached hydrogens (tertiary/aromatic N) is 3. The summed E-state index contributed by atoms with van der Waals surface area (Å²) in [7, 11) is 1.54. The number of carbonyl (C=O) groups excluding carboxylic acids is 1. The minimum absolute atomic E-state index is 0.193. The molecule has 1 N–H and O–H groups in total. The van der Waals surface area contributed by atoms with E-state index in [1.54, 1.807) is 6.07 Å². The van der Waals surface area contributed by atoms with Crippen LogP contribution in [0.25, 0.3) is 0 Å². The van der Waals surface area contributed by atoms with E-state index in [2.05, 4.69) is 10.3 Å². The smallest absolute Gasteiger partial charge is 0.255 e. The standard InChI is InChI=1S/C18H21FN4O3/c1-26-12-15-10-17(25)23(18(21-15)22-7-2-3-8-22)11-16(24)20-14-6-4-5-13(19)9-14/h4-6,9-10H,2-3,7-8,11-12H2,1H3,(H,20,24). The van der Waals surface area contributed by atoms with E-state index in [1.165, 1.54) is 35.9 Å². The van der Waals surface area contributed by atoms with Crippen LogP contribution in [0.1, 0.15) is 18.5 Å². The number of nitrogens with one attached hydrogen (secondary N) is 1. The van der Waals surface area contributed by atoms with Gasteiger partial charge < -0.3 is 15.0 Å². The van der Waals surface area contributed by atoms with Gasteiger partial charge in [0.05, 0.1) is 12.3 Å². The average Bonchev–Trinajstić information content (AvgIpc) is 3.11. The van der Waals surface area contributed by atoms with Crippen molar-refractivity contribution in [3.05, 3.63) is 52.2 Å². The fourth-order valence-corrected chi connectivity index (χ4v) is 2.98. The zero-order valence-corrected chi connectivity index (χ0v) is 14.6. The van der Waals surface area contributed by atoms with Crippen LogP contribution in [-0.4, -0.2) is 35.7 Å². The molecule has 1 aromatic heterocycles. The van der Waals surface area contributed by atoms with E-state index in [9.17, 15) is 14.0 Å². The zero-order valence-electron chi connectivity index (χ0n) is 14.6. The molecule has 26 heavy (non-hydrogen) atoms. The van der Waals surface area contributed by atoms with Gasteiger partial charge in [0.1, 0.15) is 12.4 Å². The largest absolute Gasteiger partial charge is 0.378 e. The predicted molar refractivity (Wildman–Crippen MR) is 95.7 cm³/mol. The van der Waals surface area contributed by atoms with E-state index in [-0.39, 0.29) is 18.7 Å². The first-order valence-corrected chi connectivity index (χ1v) is 8.47. The Bertz CT molecular complexity index is 847. The molecule has 1 aliphatic rings. The third kappa shape index (κ3) is 4.26. The highest BCUT2D eigenvalue weighted by Gasteiger charge is 2.20. The molecule has 7 nitrogen and oxygen atoms in total. The molecule has 2 heterocycles. The number of amides is 1. The molecule has 1 aromatic carbocycles. The van der Waals surface area contributed by atoms with Crippen LogP contribution in [0.4, 0.5) is 16.0 Å². The second kappa shape index (κ2) is 8.09.